The number of hydrogen-bond donors (Lipinski definition) is 4. The minimum absolute atomic E-state index is 0.284. The maximum atomic E-state index is 12.5. The van der Waals surface area contributed by atoms with Crippen LogP contribution in [0, 0.1) is 0 Å². The van der Waals surface area contributed by atoms with Crippen molar-refractivity contribution < 1.29 is 15.0 Å². The number of carbonyl (C=O) groups is 1. The quantitative estimate of drug-likeness (QED) is 0.410. The molecule has 9 nitrogen and oxygen atoms in total. The molecule has 4 N–H and O–H groups in total. The number of Topliss-reactive ketones (excluding diaryl/α,β-unsaturated/α-hetero) is 1. The lowest BCUT2D eigenvalue weighted by Crippen LogP contribution is -2.55. The second-order valence-electron chi connectivity index (χ2n) is 4.52. The van der Waals surface area contributed by atoms with Crippen LogP contribution in [0.2, 0.25) is 0 Å². The SMILES string of the molecule is O=C(C(CO)N1CCNC=N1)C(CO)N1CCNC=N1. The van der Waals surface area contributed by atoms with Crippen LogP contribution in [-0.4, -0.2) is 90.2 Å². The zero-order chi connectivity index (χ0) is 14.4. The molecule has 9 heteroatoms. The third-order valence-electron chi connectivity index (χ3n) is 3.29. The first-order valence-corrected chi connectivity index (χ1v) is 6.58. The van der Waals surface area contributed by atoms with Gasteiger partial charge in [0.15, 0.2) is 5.78 Å². The van der Waals surface area contributed by atoms with Crippen molar-refractivity contribution in [3.8, 4) is 0 Å². The highest BCUT2D eigenvalue weighted by atomic mass is 16.3. The van der Waals surface area contributed by atoms with Gasteiger partial charge in [0.25, 0.3) is 0 Å². The molecule has 2 aliphatic heterocycles. The minimum Gasteiger partial charge on any atom is -0.394 e. The van der Waals surface area contributed by atoms with Gasteiger partial charge in [0, 0.05) is 13.1 Å². The number of aliphatic hydroxyl groups is 2. The predicted molar refractivity (Wildman–Crippen MR) is 73.2 cm³/mol. The summed E-state index contributed by atoms with van der Waals surface area (Å²) >= 11 is 0. The standard InChI is InChI=1S/C11H20N6O3/c18-5-9(16-3-1-12-7-14-16)11(20)10(6-19)17-4-2-13-8-15-17/h7-10,18-19H,1-6H2,(H,12,14)(H,13,15). The first kappa shape index (κ1) is 14.5. The third-order valence-corrected chi connectivity index (χ3v) is 3.29. The van der Waals surface area contributed by atoms with Crippen LogP contribution in [0.25, 0.3) is 0 Å². The lowest BCUT2D eigenvalue weighted by molar-refractivity contribution is -0.132. The first-order chi connectivity index (χ1) is 9.77. The number of carbonyl (C=O) groups excluding carboxylic acids is 1. The number of rotatable bonds is 6. The topological polar surface area (TPSA) is 113 Å². The minimum atomic E-state index is -0.768. The second-order valence-corrected chi connectivity index (χ2v) is 4.52. The van der Waals surface area contributed by atoms with Gasteiger partial charge in [-0.1, -0.05) is 0 Å². The van der Waals surface area contributed by atoms with Crippen molar-refractivity contribution in [2.24, 2.45) is 10.2 Å². The molecule has 0 saturated carbocycles. The molecule has 0 fully saturated rings. The van der Waals surface area contributed by atoms with Crippen molar-refractivity contribution in [2.75, 3.05) is 39.4 Å². The highest BCUT2D eigenvalue weighted by Gasteiger charge is 2.34. The highest BCUT2D eigenvalue weighted by Crippen LogP contribution is 2.11. The van der Waals surface area contributed by atoms with E-state index in [1.807, 2.05) is 0 Å². The van der Waals surface area contributed by atoms with Crippen LogP contribution < -0.4 is 10.6 Å². The smallest absolute Gasteiger partial charge is 0.185 e. The Morgan fingerprint density at radius 2 is 1.50 bits per heavy atom. The summed E-state index contributed by atoms with van der Waals surface area (Å²) in [5, 5.41) is 36.0. The average molecular weight is 284 g/mol. The largest absolute Gasteiger partial charge is 0.394 e. The van der Waals surface area contributed by atoms with Crippen LogP contribution in [0.15, 0.2) is 10.2 Å². The van der Waals surface area contributed by atoms with Gasteiger partial charge < -0.3 is 20.8 Å². The zero-order valence-electron chi connectivity index (χ0n) is 11.1. The van der Waals surface area contributed by atoms with E-state index in [-0.39, 0.29) is 19.0 Å². The van der Waals surface area contributed by atoms with E-state index < -0.39 is 12.1 Å². The van der Waals surface area contributed by atoms with Gasteiger partial charge in [0.2, 0.25) is 0 Å². The van der Waals surface area contributed by atoms with Crippen molar-refractivity contribution in [3.05, 3.63) is 0 Å². The van der Waals surface area contributed by atoms with Crippen LogP contribution in [0.1, 0.15) is 0 Å². The molecule has 0 aromatic heterocycles. The Morgan fingerprint density at radius 3 is 1.80 bits per heavy atom. The van der Waals surface area contributed by atoms with Gasteiger partial charge in [-0.2, -0.15) is 10.2 Å². The number of hydrazone groups is 2. The van der Waals surface area contributed by atoms with E-state index in [2.05, 4.69) is 20.8 Å². The molecule has 2 heterocycles. The van der Waals surface area contributed by atoms with Gasteiger partial charge in [-0.25, -0.2) is 0 Å². The molecule has 20 heavy (non-hydrogen) atoms. The first-order valence-electron chi connectivity index (χ1n) is 6.58. The molecule has 0 radical (unpaired) electrons. The van der Waals surface area contributed by atoms with E-state index in [1.54, 1.807) is 0 Å². The Hall–Kier alpha value is -1.87. The fourth-order valence-corrected chi connectivity index (χ4v) is 2.19. The van der Waals surface area contributed by atoms with E-state index in [1.165, 1.54) is 22.7 Å². The van der Waals surface area contributed by atoms with Crippen LogP contribution in [0.5, 0.6) is 0 Å². The maximum Gasteiger partial charge on any atom is 0.185 e. The lowest BCUT2D eigenvalue weighted by Gasteiger charge is -2.34. The third kappa shape index (κ3) is 3.17. The van der Waals surface area contributed by atoms with Gasteiger partial charge in [0.1, 0.15) is 24.8 Å². The van der Waals surface area contributed by atoms with Gasteiger partial charge in [0.05, 0.1) is 26.3 Å². The van der Waals surface area contributed by atoms with Crippen LogP contribution in [-0.2, 0) is 4.79 Å². The van der Waals surface area contributed by atoms with Gasteiger partial charge >= 0.3 is 0 Å². The summed E-state index contributed by atoms with van der Waals surface area (Å²) in [7, 11) is 0. The Bertz CT molecular complexity index is 354. The van der Waals surface area contributed by atoms with E-state index in [0.29, 0.717) is 26.2 Å². The molecule has 2 aliphatic rings. The summed E-state index contributed by atoms with van der Waals surface area (Å²) in [6, 6.07) is -1.54. The van der Waals surface area contributed by atoms with E-state index in [4.69, 9.17) is 0 Å². The number of hydrogen-bond acceptors (Lipinski definition) is 9. The summed E-state index contributed by atoms with van der Waals surface area (Å²) in [6.45, 7) is 1.67. The number of nitrogens with zero attached hydrogens (tertiary/aromatic N) is 4. The molecule has 0 aromatic rings. The normalized spacial score (nSPS) is 21.1. The van der Waals surface area contributed by atoms with Gasteiger partial charge in [-0.15, -0.1) is 0 Å². The molecule has 112 valence electrons. The van der Waals surface area contributed by atoms with Crippen molar-refractivity contribution in [1.29, 1.82) is 0 Å². The average Bonchev–Trinajstić information content (AvgIpc) is 2.51. The number of aliphatic hydroxyl groups excluding tert-OH is 2. The molecule has 0 aliphatic carbocycles. The monoisotopic (exact) mass is 284 g/mol. The van der Waals surface area contributed by atoms with Crippen LogP contribution in [0.3, 0.4) is 0 Å². The van der Waals surface area contributed by atoms with Crippen molar-refractivity contribution >= 4 is 18.5 Å². The molecule has 0 amide bonds. The summed E-state index contributed by atoms with van der Waals surface area (Å²) < 4.78 is 0. The molecule has 0 bridgehead atoms. The molecular formula is C11H20N6O3. The molecular weight excluding hydrogens is 264 g/mol. The van der Waals surface area contributed by atoms with Crippen molar-refractivity contribution in [3.63, 3.8) is 0 Å². The zero-order valence-corrected chi connectivity index (χ0v) is 11.1. The van der Waals surface area contributed by atoms with Crippen molar-refractivity contribution in [1.82, 2.24) is 20.7 Å². The van der Waals surface area contributed by atoms with Gasteiger partial charge in [-0.3, -0.25) is 14.8 Å². The number of nitrogens with one attached hydrogen (secondary N) is 2. The molecule has 0 aromatic carbocycles. The summed E-state index contributed by atoms with van der Waals surface area (Å²) in [5.74, 6) is -0.284. The summed E-state index contributed by atoms with van der Waals surface area (Å²) in [5.41, 5.74) is 0. The molecule has 0 spiro atoms. The Balaban J connectivity index is 2.08. The lowest BCUT2D eigenvalue weighted by atomic mass is 10.0. The van der Waals surface area contributed by atoms with Crippen LogP contribution in [0.4, 0.5) is 0 Å². The molecule has 2 unspecified atom stereocenters. The van der Waals surface area contributed by atoms with E-state index in [9.17, 15) is 15.0 Å². The van der Waals surface area contributed by atoms with Crippen LogP contribution >= 0.6 is 0 Å². The fourth-order valence-electron chi connectivity index (χ4n) is 2.19. The van der Waals surface area contributed by atoms with E-state index in [0.717, 1.165) is 0 Å². The Labute approximate surface area is 116 Å². The number of ketones is 1. The van der Waals surface area contributed by atoms with Crippen molar-refractivity contribution in [2.45, 2.75) is 12.1 Å². The predicted octanol–water partition coefficient (Wildman–Crippen LogP) is -3.03. The Kier molecular flexibility index (Phi) is 5.13. The van der Waals surface area contributed by atoms with Gasteiger partial charge in [-0.05, 0) is 0 Å². The fraction of sp³-hybridized carbons (Fsp3) is 0.727. The second kappa shape index (κ2) is 7.06. The summed E-state index contributed by atoms with van der Waals surface area (Å²) in [6.07, 6.45) is 2.99. The molecule has 2 atom stereocenters. The molecule has 2 rings (SSSR count). The summed E-state index contributed by atoms with van der Waals surface area (Å²) in [4.78, 5) is 12.5. The molecule has 0 saturated heterocycles. The van der Waals surface area contributed by atoms with E-state index >= 15 is 0 Å². The Morgan fingerprint density at radius 1 is 1.05 bits per heavy atom. The maximum absolute atomic E-state index is 12.5. The highest BCUT2D eigenvalue weighted by molar-refractivity contribution is 5.89.